The maximum Gasteiger partial charge on any atom is 0.335 e. The topological polar surface area (TPSA) is 122 Å². The number of barbiturate groups is 1. The van der Waals surface area contributed by atoms with Gasteiger partial charge in [-0.15, -0.1) is 0 Å². The van der Waals surface area contributed by atoms with Crippen LogP contribution in [0.2, 0.25) is 0 Å². The van der Waals surface area contributed by atoms with Crippen LogP contribution in [-0.2, 0) is 20.7 Å². The molecule has 0 bridgehead atoms. The molecule has 5 rings (SSSR count). The van der Waals surface area contributed by atoms with Crippen molar-refractivity contribution in [3.05, 3.63) is 62.7 Å². The quantitative estimate of drug-likeness (QED) is 0.388. The number of nitrogens with zero attached hydrogens (tertiary/aromatic N) is 3. The van der Waals surface area contributed by atoms with E-state index in [1.807, 2.05) is 51.7 Å². The average molecular weight is 493 g/mol. The number of ether oxygens (including phenoxy) is 1. The van der Waals surface area contributed by atoms with Crippen LogP contribution < -0.4 is 15.1 Å². The number of amides is 4. The normalized spacial score (nSPS) is 27.6. The van der Waals surface area contributed by atoms with Crippen LogP contribution in [0.3, 0.4) is 0 Å². The fourth-order valence-corrected chi connectivity index (χ4v) is 6.35. The van der Waals surface area contributed by atoms with Gasteiger partial charge in [-0.05, 0) is 57.4 Å². The van der Waals surface area contributed by atoms with Gasteiger partial charge in [0, 0.05) is 30.8 Å². The first-order valence-electron chi connectivity index (χ1n) is 11.9. The molecule has 10 heteroatoms. The summed E-state index contributed by atoms with van der Waals surface area (Å²) in [7, 11) is 0. The Kier molecular flexibility index (Phi) is 5.40. The van der Waals surface area contributed by atoms with Crippen LogP contribution in [-0.4, -0.2) is 47.6 Å². The summed E-state index contributed by atoms with van der Waals surface area (Å²) in [5.74, 6) is -1.36. The molecule has 10 nitrogen and oxygen atoms in total. The molecular weight excluding hydrogens is 464 g/mol. The lowest BCUT2D eigenvalue weighted by Crippen LogP contribution is -2.76. The Morgan fingerprint density at radius 2 is 1.75 bits per heavy atom. The van der Waals surface area contributed by atoms with E-state index in [4.69, 9.17) is 4.74 Å². The summed E-state index contributed by atoms with van der Waals surface area (Å²) in [4.78, 5) is 55.4. The minimum Gasteiger partial charge on any atom is -0.372 e. The smallest absolute Gasteiger partial charge is 0.335 e. The number of imide groups is 2. The van der Waals surface area contributed by atoms with Gasteiger partial charge in [-0.3, -0.25) is 25.0 Å². The molecule has 4 amide bonds. The Bertz CT molecular complexity index is 1320. The lowest BCUT2D eigenvalue weighted by molar-refractivity contribution is -0.384. The van der Waals surface area contributed by atoms with Gasteiger partial charge in [0.05, 0.1) is 28.9 Å². The summed E-state index contributed by atoms with van der Waals surface area (Å²) in [5.41, 5.74) is 2.26. The number of hydrogen-bond donors (Lipinski definition) is 1. The van der Waals surface area contributed by atoms with Crippen molar-refractivity contribution in [2.24, 2.45) is 5.41 Å². The first kappa shape index (κ1) is 23.9. The summed E-state index contributed by atoms with van der Waals surface area (Å²) >= 11 is 0. The second-order valence-corrected chi connectivity index (χ2v) is 10.1. The SMILES string of the molecule is Cc1cc(C)c(N2C(=O)NC(=O)[C@]3(Cc4cc([N+](=O)[O-])ccc4N4C[C@@H](C)O[C@H](C)[C@H]43)C2=O)c(C)c1. The first-order valence-corrected chi connectivity index (χ1v) is 11.9. The number of anilines is 2. The lowest BCUT2D eigenvalue weighted by Gasteiger charge is -2.56. The molecule has 3 heterocycles. The van der Waals surface area contributed by atoms with Crippen LogP contribution in [0.5, 0.6) is 0 Å². The number of benzene rings is 2. The van der Waals surface area contributed by atoms with Gasteiger partial charge in [0.25, 0.3) is 11.6 Å². The van der Waals surface area contributed by atoms with E-state index < -0.39 is 40.3 Å². The van der Waals surface area contributed by atoms with Crippen LogP contribution in [0.15, 0.2) is 30.3 Å². The molecule has 0 aliphatic carbocycles. The number of nitrogens with one attached hydrogen (secondary N) is 1. The van der Waals surface area contributed by atoms with Crippen molar-refractivity contribution < 1.29 is 24.0 Å². The molecular formula is C26H28N4O6. The second kappa shape index (κ2) is 8.12. The van der Waals surface area contributed by atoms with E-state index in [0.717, 1.165) is 27.3 Å². The van der Waals surface area contributed by atoms with Gasteiger partial charge in [-0.1, -0.05) is 17.7 Å². The zero-order valence-electron chi connectivity index (χ0n) is 20.8. The van der Waals surface area contributed by atoms with Crippen LogP contribution in [0, 0.1) is 36.3 Å². The van der Waals surface area contributed by atoms with E-state index in [2.05, 4.69) is 5.32 Å². The average Bonchev–Trinajstić information content (AvgIpc) is 2.78. The van der Waals surface area contributed by atoms with Gasteiger partial charge in [0.15, 0.2) is 5.41 Å². The van der Waals surface area contributed by atoms with E-state index in [9.17, 15) is 24.5 Å². The third-order valence-corrected chi connectivity index (χ3v) is 7.51. The number of nitro groups is 1. The molecule has 2 fully saturated rings. The summed E-state index contributed by atoms with van der Waals surface area (Å²) in [6, 6.07) is 6.76. The third-order valence-electron chi connectivity index (χ3n) is 7.51. The van der Waals surface area contributed by atoms with Crippen LogP contribution in [0.25, 0.3) is 0 Å². The van der Waals surface area contributed by atoms with E-state index in [0.29, 0.717) is 17.8 Å². The molecule has 2 aromatic carbocycles. The maximum absolute atomic E-state index is 14.5. The van der Waals surface area contributed by atoms with E-state index >= 15 is 0 Å². The van der Waals surface area contributed by atoms with Crippen molar-refractivity contribution in [1.29, 1.82) is 0 Å². The largest absolute Gasteiger partial charge is 0.372 e. The number of fused-ring (bicyclic) bond motifs is 4. The molecule has 1 spiro atoms. The zero-order valence-corrected chi connectivity index (χ0v) is 20.8. The van der Waals surface area contributed by atoms with Gasteiger partial charge in [-0.25, -0.2) is 9.69 Å². The minimum absolute atomic E-state index is 0.0916. The second-order valence-electron chi connectivity index (χ2n) is 10.1. The number of morpholine rings is 1. The zero-order chi connectivity index (χ0) is 26.1. The molecule has 3 aliphatic rings. The molecule has 0 radical (unpaired) electrons. The van der Waals surface area contributed by atoms with Crippen LogP contribution in [0.4, 0.5) is 21.9 Å². The van der Waals surface area contributed by atoms with E-state index in [1.54, 1.807) is 6.07 Å². The molecule has 188 valence electrons. The summed E-state index contributed by atoms with van der Waals surface area (Å²) < 4.78 is 6.10. The Balaban J connectivity index is 1.73. The van der Waals surface area contributed by atoms with Crippen LogP contribution in [0.1, 0.15) is 36.1 Å². The number of nitro benzene ring substituents is 1. The van der Waals surface area contributed by atoms with Crippen molar-refractivity contribution in [3.63, 3.8) is 0 Å². The van der Waals surface area contributed by atoms with Crippen molar-refractivity contribution in [2.75, 3.05) is 16.3 Å². The Labute approximate surface area is 208 Å². The van der Waals surface area contributed by atoms with Crippen molar-refractivity contribution in [1.82, 2.24) is 5.32 Å². The molecule has 0 aromatic heterocycles. The fraction of sp³-hybridized carbons (Fsp3) is 0.423. The predicted molar refractivity (Wildman–Crippen MR) is 132 cm³/mol. The summed E-state index contributed by atoms with van der Waals surface area (Å²) in [5, 5.41) is 14.0. The van der Waals surface area contributed by atoms with Crippen molar-refractivity contribution in [3.8, 4) is 0 Å². The number of hydrogen-bond acceptors (Lipinski definition) is 7. The monoisotopic (exact) mass is 492 g/mol. The molecule has 4 atom stereocenters. The molecule has 1 N–H and O–H groups in total. The summed E-state index contributed by atoms with van der Waals surface area (Å²) in [6.45, 7) is 9.67. The van der Waals surface area contributed by atoms with Gasteiger partial charge >= 0.3 is 6.03 Å². The maximum atomic E-state index is 14.5. The highest BCUT2D eigenvalue weighted by atomic mass is 16.6. The Morgan fingerprint density at radius 3 is 2.39 bits per heavy atom. The lowest BCUT2D eigenvalue weighted by atomic mass is 9.66. The van der Waals surface area contributed by atoms with E-state index in [1.165, 1.54) is 12.1 Å². The van der Waals surface area contributed by atoms with Gasteiger partial charge in [-0.2, -0.15) is 0 Å². The first-order chi connectivity index (χ1) is 17.0. The standard InChI is InChI=1S/C26H28N4O6/c1-13-8-14(2)21(15(3)9-13)29-24(32)26(23(31)27-25(29)33)11-18-10-19(30(34)35)6-7-20(18)28-12-16(4)36-17(5)22(26)28/h6-10,16-17,22H,11-12H2,1-5H3,(H,27,31,33)/t16-,17-,22+,26-/m1/s1. The Hall–Kier alpha value is -3.79. The van der Waals surface area contributed by atoms with E-state index in [-0.39, 0.29) is 18.2 Å². The minimum atomic E-state index is -1.72. The van der Waals surface area contributed by atoms with Crippen LogP contribution >= 0.6 is 0 Å². The Morgan fingerprint density at radius 1 is 1.08 bits per heavy atom. The van der Waals surface area contributed by atoms with Gasteiger partial charge in [0.2, 0.25) is 5.91 Å². The molecule has 3 aliphatic heterocycles. The number of aryl methyl sites for hydroxylation is 3. The predicted octanol–water partition coefficient (Wildman–Crippen LogP) is 3.33. The number of urea groups is 1. The highest BCUT2D eigenvalue weighted by molar-refractivity contribution is 6.31. The number of carbonyl (C=O) groups excluding carboxylic acids is 3. The van der Waals surface area contributed by atoms with Crippen molar-refractivity contribution >= 4 is 34.9 Å². The van der Waals surface area contributed by atoms with Crippen molar-refractivity contribution in [2.45, 2.75) is 59.3 Å². The molecule has 0 saturated carbocycles. The number of non-ortho nitro benzene ring substituents is 1. The third kappa shape index (κ3) is 3.31. The fourth-order valence-electron chi connectivity index (χ4n) is 6.35. The highest BCUT2D eigenvalue weighted by Crippen LogP contribution is 2.49. The molecule has 2 aromatic rings. The number of rotatable bonds is 2. The molecule has 0 unspecified atom stereocenters. The summed E-state index contributed by atoms with van der Waals surface area (Å²) in [6.07, 6.45) is -0.816. The van der Waals surface area contributed by atoms with Gasteiger partial charge in [0.1, 0.15) is 0 Å². The number of carbonyl (C=O) groups is 3. The van der Waals surface area contributed by atoms with Gasteiger partial charge < -0.3 is 9.64 Å². The molecule has 2 saturated heterocycles. The highest BCUT2D eigenvalue weighted by Gasteiger charge is 2.65. The molecule has 36 heavy (non-hydrogen) atoms.